The Hall–Kier alpha value is -4.19. The number of aryl methyl sites for hydroxylation is 1. The first-order valence-electron chi connectivity index (χ1n) is 9.65. The average molecular weight is 413 g/mol. The lowest BCUT2D eigenvalue weighted by molar-refractivity contribution is -0.139. The highest BCUT2D eigenvalue weighted by Crippen LogP contribution is 2.33. The Morgan fingerprint density at radius 3 is 2.32 bits per heavy atom. The summed E-state index contributed by atoms with van der Waals surface area (Å²) >= 11 is 0. The van der Waals surface area contributed by atoms with Gasteiger partial charge in [0.15, 0.2) is 6.61 Å². The Labute approximate surface area is 179 Å². The number of benzene rings is 3. The zero-order valence-corrected chi connectivity index (χ0v) is 16.7. The Morgan fingerprint density at radius 2 is 1.65 bits per heavy atom. The van der Waals surface area contributed by atoms with Crippen LogP contribution in [0.2, 0.25) is 0 Å². The first kappa shape index (κ1) is 20.1. The number of anilines is 1. The van der Waals surface area contributed by atoms with E-state index in [2.05, 4.69) is 0 Å². The average Bonchev–Trinajstić information content (AvgIpc) is 2.76. The minimum Gasteiger partial charge on any atom is -0.482 e. The number of hydrogen-bond donors (Lipinski definition) is 1. The highest BCUT2D eigenvalue weighted by Gasteiger charge is 2.35. The fourth-order valence-corrected chi connectivity index (χ4v) is 3.47. The predicted molar refractivity (Wildman–Crippen MR) is 117 cm³/mol. The number of rotatable bonds is 5. The molecule has 0 fully saturated rings. The molecular weight excluding hydrogens is 394 g/mol. The van der Waals surface area contributed by atoms with E-state index in [0.717, 1.165) is 11.1 Å². The van der Waals surface area contributed by atoms with Gasteiger partial charge in [-0.3, -0.25) is 9.59 Å². The lowest BCUT2D eigenvalue weighted by Crippen LogP contribution is -2.41. The molecule has 3 aromatic carbocycles. The molecular formula is C25H19NO5. The van der Waals surface area contributed by atoms with Gasteiger partial charge in [0, 0.05) is 11.1 Å². The second kappa shape index (κ2) is 8.28. The van der Waals surface area contributed by atoms with Crippen LogP contribution in [0.1, 0.15) is 27.0 Å². The fraction of sp³-hybridized carbons (Fsp3) is 0.0800. The van der Waals surface area contributed by atoms with Crippen molar-refractivity contribution in [1.82, 2.24) is 0 Å². The monoisotopic (exact) mass is 413 g/mol. The van der Waals surface area contributed by atoms with Gasteiger partial charge in [0.25, 0.3) is 11.8 Å². The summed E-state index contributed by atoms with van der Waals surface area (Å²) in [6, 6.07) is 21.0. The van der Waals surface area contributed by atoms with E-state index in [1.165, 1.54) is 4.90 Å². The number of aliphatic carboxylic acids is 1. The number of imide groups is 1. The molecule has 1 N–H and O–H groups in total. The van der Waals surface area contributed by atoms with Crippen molar-refractivity contribution in [3.05, 3.63) is 95.1 Å². The summed E-state index contributed by atoms with van der Waals surface area (Å²) in [7, 11) is 0. The van der Waals surface area contributed by atoms with Crippen LogP contribution in [0.5, 0.6) is 5.75 Å². The van der Waals surface area contributed by atoms with Crippen molar-refractivity contribution in [2.45, 2.75) is 6.92 Å². The van der Waals surface area contributed by atoms with Gasteiger partial charge in [0.1, 0.15) is 5.75 Å². The summed E-state index contributed by atoms with van der Waals surface area (Å²) in [6.07, 6.45) is 1.72. The Morgan fingerprint density at radius 1 is 0.935 bits per heavy atom. The third kappa shape index (κ3) is 4.09. The maximum atomic E-state index is 13.4. The molecule has 0 saturated carbocycles. The molecule has 1 aliphatic rings. The van der Waals surface area contributed by atoms with E-state index in [0.29, 0.717) is 28.1 Å². The second-order valence-corrected chi connectivity index (χ2v) is 7.14. The molecule has 0 aromatic heterocycles. The molecule has 2 amide bonds. The second-order valence-electron chi connectivity index (χ2n) is 7.14. The van der Waals surface area contributed by atoms with Gasteiger partial charge in [0.05, 0.1) is 5.69 Å². The number of nitrogens with zero attached hydrogens (tertiary/aromatic N) is 1. The molecule has 1 aliphatic heterocycles. The van der Waals surface area contributed by atoms with E-state index in [4.69, 9.17) is 9.84 Å². The molecule has 0 spiro atoms. The van der Waals surface area contributed by atoms with Crippen LogP contribution in [0, 0.1) is 6.92 Å². The Bertz CT molecular complexity index is 1210. The number of carboxylic acids is 1. The van der Waals surface area contributed by atoms with Crippen LogP contribution in [-0.4, -0.2) is 29.5 Å². The number of ether oxygens (including phenoxy) is 1. The van der Waals surface area contributed by atoms with Crippen LogP contribution >= 0.6 is 0 Å². The topological polar surface area (TPSA) is 83.9 Å². The quantitative estimate of drug-likeness (QED) is 0.501. The first-order chi connectivity index (χ1) is 14.9. The standard InChI is InChI=1S/C25H19NO5/c1-16-5-4-6-18(13-16)26-24(29)21-8-3-2-7-20(21)22(25(26)30)14-17-9-11-19(12-10-17)31-15-23(27)28/h2-14H,15H2,1H3,(H,27,28)/b22-14-. The van der Waals surface area contributed by atoms with E-state index in [-0.39, 0.29) is 5.91 Å². The molecule has 6 heteroatoms. The van der Waals surface area contributed by atoms with Crippen molar-refractivity contribution < 1.29 is 24.2 Å². The Kier molecular flexibility index (Phi) is 5.37. The molecule has 0 aliphatic carbocycles. The van der Waals surface area contributed by atoms with Gasteiger partial charge >= 0.3 is 5.97 Å². The van der Waals surface area contributed by atoms with Gasteiger partial charge in [0.2, 0.25) is 0 Å². The number of carbonyl (C=O) groups excluding carboxylic acids is 2. The molecule has 0 unspecified atom stereocenters. The summed E-state index contributed by atoms with van der Waals surface area (Å²) < 4.78 is 5.15. The predicted octanol–water partition coefficient (Wildman–Crippen LogP) is 4.19. The van der Waals surface area contributed by atoms with Crippen LogP contribution in [0.15, 0.2) is 72.8 Å². The van der Waals surface area contributed by atoms with Gasteiger partial charge in [-0.05, 0) is 60.0 Å². The van der Waals surface area contributed by atoms with Crippen molar-refractivity contribution in [3.63, 3.8) is 0 Å². The molecule has 4 rings (SSSR count). The molecule has 0 saturated heterocycles. The molecule has 6 nitrogen and oxygen atoms in total. The highest BCUT2D eigenvalue weighted by molar-refractivity contribution is 6.43. The number of hydrogen-bond acceptors (Lipinski definition) is 4. The zero-order valence-electron chi connectivity index (χ0n) is 16.7. The van der Waals surface area contributed by atoms with E-state index < -0.39 is 18.5 Å². The Balaban J connectivity index is 1.75. The molecule has 3 aromatic rings. The maximum Gasteiger partial charge on any atom is 0.341 e. The first-order valence-corrected chi connectivity index (χ1v) is 9.65. The van der Waals surface area contributed by atoms with Crippen LogP contribution in [0.25, 0.3) is 11.6 Å². The lowest BCUT2D eigenvalue weighted by atomic mass is 9.91. The van der Waals surface area contributed by atoms with Gasteiger partial charge in [-0.25, -0.2) is 9.69 Å². The van der Waals surface area contributed by atoms with Crippen LogP contribution < -0.4 is 9.64 Å². The summed E-state index contributed by atoms with van der Waals surface area (Å²) in [4.78, 5) is 38.4. The van der Waals surface area contributed by atoms with Gasteiger partial charge in [-0.15, -0.1) is 0 Å². The van der Waals surface area contributed by atoms with E-state index in [1.54, 1.807) is 66.7 Å². The van der Waals surface area contributed by atoms with Crippen molar-refractivity contribution in [2.75, 3.05) is 11.5 Å². The van der Waals surface area contributed by atoms with E-state index in [1.807, 2.05) is 19.1 Å². The molecule has 1 heterocycles. The number of carbonyl (C=O) groups is 3. The summed E-state index contributed by atoms with van der Waals surface area (Å²) in [5, 5.41) is 8.72. The minimum absolute atomic E-state index is 0.360. The zero-order chi connectivity index (χ0) is 22.0. The van der Waals surface area contributed by atoms with E-state index >= 15 is 0 Å². The van der Waals surface area contributed by atoms with Crippen LogP contribution in [0.4, 0.5) is 5.69 Å². The number of amides is 2. The van der Waals surface area contributed by atoms with Gasteiger partial charge in [-0.1, -0.05) is 42.5 Å². The third-order valence-electron chi connectivity index (χ3n) is 4.90. The van der Waals surface area contributed by atoms with Crippen molar-refractivity contribution in [2.24, 2.45) is 0 Å². The van der Waals surface area contributed by atoms with E-state index in [9.17, 15) is 14.4 Å². The third-order valence-corrected chi connectivity index (χ3v) is 4.90. The van der Waals surface area contributed by atoms with Crippen molar-refractivity contribution >= 4 is 35.1 Å². The SMILES string of the molecule is Cc1cccc(N2C(=O)/C(=C\c3ccc(OCC(=O)O)cc3)c3ccccc3C2=O)c1. The smallest absolute Gasteiger partial charge is 0.341 e. The normalized spacial score (nSPS) is 14.5. The van der Waals surface area contributed by atoms with Gasteiger partial charge in [-0.2, -0.15) is 0 Å². The number of carboxylic acid groups (broad SMARTS) is 1. The fourth-order valence-electron chi connectivity index (χ4n) is 3.47. The highest BCUT2D eigenvalue weighted by atomic mass is 16.5. The summed E-state index contributed by atoms with van der Waals surface area (Å²) in [6.45, 7) is 1.47. The molecule has 0 radical (unpaired) electrons. The van der Waals surface area contributed by atoms with Gasteiger partial charge < -0.3 is 9.84 Å². The van der Waals surface area contributed by atoms with Crippen LogP contribution in [-0.2, 0) is 9.59 Å². The number of fused-ring (bicyclic) bond motifs is 1. The van der Waals surface area contributed by atoms with Crippen molar-refractivity contribution in [1.29, 1.82) is 0 Å². The van der Waals surface area contributed by atoms with Crippen molar-refractivity contribution in [3.8, 4) is 5.75 Å². The minimum atomic E-state index is -1.06. The van der Waals surface area contributed by atoms with Crippen LogP contribution in [0.3, 0.4) is 0 Å². The molecule has 31 heavy (non-hydrogen) atoms. The molecule has 154 valence electrons. The molecule has 0 atom stereocenters. The summed E-state index contributed by atoms with van der Waals surface area (Å²) in [5.74, 6) is -1.41. The lowest BCUT2D eigenvalue weighted by Gasteiger charge is -2.29. The maximum absolute atomic E-state index is 13.4. The summed E-state index contributed by atoms with van der Waals surface area (Å²) in [5.41, 5.74) is 3.62. The largest absolute Gasteiger partial charge is 0.482 e. The molecule has 0 bridgehead atoms.